The van der Waals surface area contributed by atoms with E-state index in [2.05, 4.69) is 20.7 Å². The fourth-order valence-electron chi connectivity index (χ4n) is 1.23. The van der Waals surface area contributed by atoms with Gasteiger partial charge in [0.1, 0.15) is 17.1 Å². The molecule has 0 aliphatic carbocycles. The lowest BCUT2D eigenvalue weighted by Gasteiger charge is -1.96. The fraction of sp³-hybridized carbons (Fsp3) is 0.500. The maximum Gasteiger partial charge on any atom is 0.341 e. The first-order valence-electron chi connectivity index (χ1n) is 4.36. The highest BCUT2D eigenvalue weighted by Gasteiger charge is 2.15. The molecule has 0 spiro atoms. The summed E-state index contributed by atoms with van der Waals surface area (Å²) in [5, 5.41) is 0. The molecule has 1 aromatic heterocycles. The van der Waals surface area contributed by atoms with Gasteiger partial charge in [-0.3, -0.25) is 0 Å². The minimum atomic E-state index is -0.347. The third-order valence-electron chi connectivity index (χ3n) is 1.86. The molecular weight excluding hydrogens is 248 g/mol. The monoisotopic (exact) mass is 260 g/mol. The van der Waals surface area contributed by atoms with Crippen molar-refractivity contribution in [1.82, 2.24) is 0 Å². The van der Waals surface area contributed by atoms with E-state index in [-0.39, 0.29) is 5.97 Å². The predicted molar refractivity (Wildman–Crippen MR) is 56.9 cm³/mol. The van der Waals surface area contributed by atoms with Crippen LogP contribution in [0.15, 0.2) is 10.5 Å². The average Bonchev–Trinajstić information content (AvgIpc) is 2.44. The van der Waals surface area contributed by atoms with Crippen LogP contribution < -0.4 is 0 Å². The largest absolute Gasteiger partial charge is 0.465 e. The lowest BCUT2D eigenvalue weighted by atomic mass is 10.2. The summed E-state index contributed by atoms with van der Waals surface area (Å²) >= 11 is 3.42. The molecule has 1 aromatic rings. The summed E-state index contributed by atoms with van der Waals surface area (Å²) in [6, 6.07) is 1.74. The number of carbonyl (C=O) groups excluding carboxylic acids is 1. The first kappa shape index (κ1) is 11.3. The zero-order valence-electron chi connectivity index (χ0n) is 8.46. The summed E-state index contributed by atoms with van der Waals surface area (Å²) in [7, 11) is 1.36. The van der Waals surface area contributed by atoms with Crippen LogP contribution in [-0.2, 0) is 11.2 Å². The Morgan fingerprint density at radius 3 is 2.86 bits per heavy atom. The quantitative estimate of drug-likeness (QED) is 0.620. The van der Waals surface area contributed by atoms with Gasteiger partial charge < -0.3 is 9.15 Å². The third kappa shape index (κ3) is 2.61. The lowest BCUT2D eigenvalue weighted by molar-refractivity contribution is 0.0599. The van der Waals surface area contributed by atoms with Gasteiger partial charge in [-0.25, -0.2) is 4.79 Å². The highest BCUT2D eigenvalue weighted by Crippen LogP contribution is 2.18. The molecular formula is C10H13BrO3. The van der Waals surface area contributed by atoms with Crippen molar-refractivity contribution in [2.45, 2.75) is 25.1 Å². The van der Waals surface area contributed by atoms with Gasteiger partial charge in [-0.15, -0.1) is 0 Å². The zero-order chi connectivity index (χ0) is 10.7. The summed E-state index contributed by atoms with van der Waals surface area (Å²) in [6.07, 6.45) is 0.762. The second-order valence-corrected chi connectivity index (χ2v) is 4.72. The van der Waals surface area contributed by atoms with Crippen molar-refractivity contribution in [1.29, 1.82) is 0 Å². The van der Waals surface area contributed by atoms with E-state index in [1.165, 1.54) is 7.11 Å². The standard InChI is InChI=1S/C10H13BrO3/c1-6(11)4-8-5-9(7(2)14-8)10(12)13-3/h5-6H,4H2,1-3H3. The van der Waals surface area contributed by atoms with E-state index in [0.29, 0.717) is 16.2 Å². The molecule has 0 amide bonds. The molecule has 0 N–H and O–H groups in total. The highest BCUT2D eigenvalue weighted by molar-refractivity contribution is 9.09. The first-order valence-corrected chi connectivity index (χ1v) is 5.28. The topological polar surface area (TPSA) is 39.4 Å². The maximum absolute atomic E-state index is 11.2. The summed E-state index contributed by atoms with van der Waals surface area (Å²) in [4.78, 5) is 11.6. The van der Waals surface area contributed by atoms with E-state index in [1.807, 2.05) is 6.92 Å². The molecule has 0 saturated heterocycles. The van der Waals surface area contributed by atoms with Gasteiger partial charge in [0.25, 0.3) is 0 Å². The molecule has 0 radical (unpaired) electrons. The van der Waals surface area contributed by atoms with E-state index in [0.717, 1.165) is 12.2 Å². The number of alkyl halides is 1. The molecule has 0 saturated carbocycles. The number of aryl methyl sites for hydroxylation is 1. The summed E-state index contributed by atoms with van der Waals surface area (Å²) in [5.74, 6) is 1.06. The van der Waals surface area contributed by atoms with Crippen LogP contribution in [0.25, 0.3) is 0 Å². The van der Waals surface area contributed by atoms with Gasteiger partial charge in [0, 0.05) is 11.2 Å². The molecule has 0 fully saturated rings. The average molecular weight is 261 g/mol. The van der Waals surface area contributed by atoms with Crippen LogP contribution in [0.3, 0.4) is 0 Å². The van der Waals surface area contributed by atoms with Gasteiger partial charge >= 0.3 is 5.97 Å². The molecule has 3 nitrogen and oxygen atoms in total. The molecule has 0 aliphatic heterocycles. The second kappa shape index (κ2) is 4.64. The van der Waals surface area contributed by atoms with Gasteiger partial charge in [-0.1, -0.05) is 22.9 Å². The van der Waals surface area contributed by atoms with Crippen molar-refractivity contribution in [2.75, 3.05) is 7.11 Å². The van der Waals surface area contributed by atoms with Gasteiger partial charge in [0.2, 0.25) is 0 Å². The zero-order valence-corrected chi connectivity index (χ0v) is 10.1. The molecule has 0 aliphatic rings. The molecule has 0 bridgehead atoms. The lowest BCUT2D eigenvalue weighted by Crippen LogP contribution is -2.00. The van der Waals surface area contributed by atoms with Crippen LogP contribution in [0.4, 0.5) is 0 Å². The van der Waals surface area contributed by atoms with Gasteiger partial charge in [0.05, 0.1) is 7.11 Å². The van der Waals surface area contributed by atoms with Gasteiger partial charge in [0.15, 0.2) is 0 Å². The number of rotatable bonds is 3. The Bertz CT molecular complexity index is 328. The Balaban J connectivity index is 2.87. The number of esters is 1. The molecule has 14 heavy (non-hydrogen) atoms. The highest BCUT2D eigenvalue weighted by atomic mass is 79.9. The molecule has 78 valence electrons. The van der Waals surface area contributed by atoms with E-state index >= 15 is 0 Å². The maximum atomic E-state index is 11.2. The Labute approximate surface area is 91.6 Å². The van der Waals surface area contributed by atoms with E-state index in [4.69, 9.17) is 4.42 Å². The van der Waals surface area contributed by atoms with E-state index < -0.39 is 0 Å². The number of methoxy groups -OCH3 is 1. The van der Waals surface area contributed by atoms with Crippen molar-refractivity contribution in [3.05, 3.63) is 23.2 Å². The van der Waals surface area contributed by atoms with Crippen molar-refractivity contribution >= 4 is 21.9 Å². The van der Waals surface area contributed by atoms with Crippen LogP contribution in [-0.4, -0.2) is 17.9 Å². The predicted octanol–water partition coefficient (Wildman–Crippen LogP) is 2.70. The second-order valence-electron chi connectivity index (χ2n) is 3.16. The fourth-order valence-corrected chi connectivity index (χ4v) is 1.55. The smallest absolute Gasteiger partial charge is 0.341 e. The van der Waals surface area contributed by atoms with Crippen molar-refractivity contribution in [3.8, 4) is 0 Å². The third-order valence-corrected chi connectivity index (χ3v) is 2.18. The van der Waals surface area contributed by atoms with Crippen LogP contribution in [0.1, 0.15) is 28.8 Å². The molecule has 1 rings (SSSR count). The van der Waals surface area contributed by atoms with Crippen LogP contribution >= 0.6 is 15.9 Å². The Morgan fingerprint density at radius 2 is 2.36 bits per heavy atom. The minimum Gasteiger partial charge on any atom is -0.465 e. The van der Waals surface area contributed by atoms with Crippen molar-refractivity contribution in [2.24, 2.45) is 0 Å². The normalized spacial score (nSPS) is 12.6. The first-order chi connectivity index (χ1) is 6.54. The molecule has 0 aromatic carbocycles. The summed E-state index contributed by atoms with van der Waals surface area (Å²) < 4.78 is 10.0. The molecule has 4 heteroatoms. The van der Waals surface area contributed by atoms with Gasteiger partial charge in [-0.2, -0.15) is 0 Å². The Morgan fingerprint density at radius 1 is 1.71 bits per heavy atom. The minimum absolute atomic E-state index is 0.332. The number of hydrogen-bond acceptors (Lipinski definition) is 3. The van der Waals surface area contributed by atoms with Gasteiger partial charge in [-0.05, 0) is 13.0 Å². The van der Waals surface area contributed by atoms with Crippen LogP contribution in [0, 0.1) is 6.92 Å². The molecule has 1 atom stereocenters. The molecule has 1 unspecified atom stereocenters. The SMILES string of the molecule is COC(=O)c1cc(CC(C)Br)oc1C. The number of carbonyl (C=O) groups is 1. The number of hydrogen-bond donors (Lipinski definition) is 0. The summed E-state index contributed by atoms with van der Waals surface area (Å²) in [5.41, 5.74) is 0.510. The van der Waals surface area contributed by atoms with Crippen LogP contribution in [0.5, 0.6) is 0 Å². The molecule has 1 heterocycles. The van der Waals surface area contributed by atoms with Crippen LogP contribution in [0.2, 0.25) is 0 Å². The number of furan rings is 1. The van der Waals surface area contributed by atoms with Crippen molar-refractivity contribution < 1.29 is 13.9 Å². The van der Waals surface area contributed by atoms with Crippen molar-refractivity contribution in [3.63, 3.8) is 0 Å². The Hall–Kier alpha value is -0.770. The number of ether oxygens (including phenoxy) is 1. The summed E-state index contributed by atoms with van der Waals surface area (Å²) in [6.45, 7) is 3.78. The Kier molecular flexibility index (Phi) is 3.75. The number of halogens is 1. The van der Waals surface area contributed by atoms with E-state index in [1.54, 1.807) is 13.0 Å². The van der Waals surface area contributed by atoms with E-state index in [9.17, 15) is 4.79 Å².